The van der Waals surface area contributed by atoms with Crippen molar-refractivity contribution < 1.29 is 54.9 Å². The predicted molar refractivity (Wildman–Crippen MR) is 223 cm³/mol. The van der Waals surface area contributed by atoms with E-state index in [1.807, 2.05) is 17.4 Å². The van der Waals surface area contributed by atoms with Gasteiger partial charge in [-0.05, 0) is 81.1 Å². The number of hydrogen-bond acceptors (Lipinski definition) is 10. The molecule has 2 aromatic carbocycles. The minimum Gasteiger partial charge on any atom is -0.453 e. The van der Waals surface area contributed by atoms with Crippen molar-refractivity contribution in [2.45, 2.75) is 88.7 Å². The molecule has 13 nitrogen and oxygen atoms in total. The van der Waals surface area contributed by atoms with Crippen LogP contribution in [0.3, 0.4) is 0 Å². The summed E-state index contributed by atoms with van der Waals surface area (Å²) in [6.07, 6.45) is -2.98. The molecule has 20 heteroatoms. The Morgan fingerprint density at radius 1 is 0.938 bits per heavy atom. The van der Waals surface area contributed by atoms with E-state index in [4.69, 9.17) is 9.72 Å². The van der Waals surface area contributed by atoms with Crippen molar-refractivity contribution in [3.8, 4) is 23.1 Å². The SMILES string of the molecule is COC(=O)N[C@H](C(=O)N[C@@H](Cc1ccc(C#Cc2ccc(N3CC4CCC(C3)N4C3COC3)nc2)cc1)[C@@H](O)CNCc1c(F)cc(-c2ccn(C(F)F)n2)cc1F)C(C)(C)C(F)(F)F. The van der Waals surface area contributed by atoms with Gasteiger partial charge in [-0.3, -0.25) is 9.69 Å². The van der Waals surface area contributed by atoms with Crippen LogP contribution in [0.15, 0.2) is 67.0 Å². The second-order valence-electron chi connectivity index (χ2n) is 17.0. The van der Waals surface area contributed by atoms with E-state index in [1.54, 1.807) is 30.5 Å². The summed E-state index contributed by atoms with van der Waals surface area (Å²) < 4.78 is 109. The molecule has 4 N–H and O–H groups in total. The topological polar surface area (TPSA) is 146 Å². The molecule has 2 unspecified atom stereocenters. The maximum atomic E-state index is 15.1. The molecule has 4 aromatic rings. The fourth-order valence-electron chi connectivity index (χ4n) is 8.36. The van der Waals surface area contributed by atoms with Gasteiger partial charge in [0, 0.05) is 72.9 Å². The third-order valence-corrected chi connectivity index (χ3v) is 12.3. The van der Waals surface area contributed by atoms with Crippen molar-refractivity contribution in [1.29, 1.82) is 0 Å². The van der Waals surface area contributed by atoms with Crippen LogP contribution < -0.4 is 20.9 Å². The molecule has 0 spiro atoms. The van der Waals surface area contributed by atoms with E-state index in [0.717, 1.165) is 84.2 Å². The summed E-state index contributed by atoms with van der Waals surface area (Å²) in [6.45, 7) is 0.983. The first kappa shape index (κ1) is 47.2. The summed E-state index contributed by atoms with van der Waals surface area (Å²) in [6, 6.07) is 11.5. The summed E-state index contributed by atoms with van der Waals surface area (Å²) in [5.74, 6) is 3.70. The first-order valence-corrected chi connectivity index (χ1v) is 21.0. The fraction of sp³-hybridized carbons (Fsp3) is 0.467. The zero-order valence-electron chi connectivity index (χ0n) is 35.7. The third kappa shape index (κ3) is 10.9. The number of benzene rings is 2. The standard InChI is InChI=1S/C45H49F7N8O5/c1-44(2,45(50,51)52)40(56-43(63)64-3)41(62)55-37(38(61)21-53-20-33-34(46)17-29(18-35(33)47)36-14-15-59(57-36)42(48)49)16-27-7-4-26(5-8-27)6-9-28-10-13-39(54-19-28)58-22-30-11-12-31(23-58)60(30)32-24-65-25-32/h4-5,7-8,10,13-15,17-19,30-32,37-38,40,42,53,61H,11-12,16,20-25H2,1-3H3,(H,55,62)(H,56,63)/t30?,31?,37-,38-,40+/m0/s1. The number of alkyl carbamates (subject to hydrolysis) is 1. The van der Waals surface area contributed by atoms with E-state index in [0.29, 0.717) is 39.5 Å². The number of fused-ring (bicyclic) bond motifs is 2. The average Bonchev–Trinajstić information content (AvgIpc) is 3.84. The molecule has 2 bridgehead atoms. The summed E-state index contributed by atoms with van der Waals surface area (Å²) in [7, 11) is 0.919. The van der Waals surface area contributed by atoms with Crippen molar-refractivity contribution >= 4 is 17.8 Å². The van der Waals surface area contributed by atoms with Crippen molar-refractivity contribution in [3.05, 3.63) is 101 Å². The van der Waals surface area contributed by atoms with Gasteiger partial charge in [-0.15, -0.1) is 0 Å². The number of amides is 2. The van der Waals surface area contributed by atoms with Crippen molar-refractivity contribution in [2.75, 3.05) is 44.9 Å². The van der Waals surface area contributed by atoms with Crippen molar-refractivity contribution in [1.82, 2.24) is 35.6 Å². The second-order valence-corrected chi connectivity index (χ2v) is 17.0. The number of alkyl halides is 5. The summed E-state index contributed by atoms with van der Waals surface area (Å²) >= 11 is 0. The van der Waals surface area contributed by atoms with Gasteiger partial charge in [0.25, 0.3) is 0 Å². The van der Waals surface area contributed by atoms with Gasteiger partial charge in [0.15, 0.2) is 0 Å². The number of carbonyl (C=O) groups excluding carboxylic acids is 2. The Labute approximate surface area is 370 Å². The number of pyridine rings is 1. The van der Waals surface area contributed by atoms with Crippen LogP contribution in [0.2, 0.25) is 0 Å². The van der Waals surface area contributed by atoms with E-state index in [2.05, 4.69) is 42.1 Å². The molecular formula is C45H49F7N8O5. The Hall–Kier alpha value is -5.75. The van der Waals surface area contributed by atoms with Crippen LogP contribution in [0.25, 0.3) is 11.3 Å². The van der Waals surface area contributed by atoms with Gasteiger partial charge in [0.2, 0.25) is 5.91 Å². The largest absolute Gasteiger partial charge is 0.453 e. The van der Waals surface area contributed by atoms with Crippen LogP contribution in [0, 0.1) is 28.9 Å². The van der Waals surface area contributed by atoms with Crippen LogP contribution in [-0.2, 0) is 27.2 Å². The molecule has 0 radical (unpaired) electrons. The van der Waals surface area contributed by atoms with Crippen LogP contribution >= 0.6 is 0 Å². The number of anilines is 1. The Morgan fingerprint density at radius 2 is 1.58 bits per heavy atom. The zero-order valence-corrected chi connectivity index (χ0v) is 35.7. The predicted octanol–water partition coefficient (Wildman–Crippen LogP) is 5.56. The number of methoxy groups -OCH3 is 1. The lowest BCUT2D eigenvalue weighted by atomic mass is 9.82. The minimum absolute atomic E-state index is 0.0978. The smallest absolute Gasteiger partial charge is 0.407 e. The van der Waals surface area contributed by atoms with Gasteiger partial charge >= 0.3 is 18.8 Å². The molecule has 0 saturated carbocycles. The van der Waals surface area contributed by atoms with Crippen LogP contribution in [0.4, 0.5) is 41.3 Å². The molecule has 2 aromatic heterocycles. The highest BCUT2D eigenvalue weighted by molar-refractivity contribution is 5.87. The van der Waals surface area contributed by atoms with E-state index >= 15 is 8.78 Å². The molecule has 348 valence electrons. The van der Waals surface area contributed by atoms with E-state index < -0.39 is 78.6 Å². The van der Waals surface area contributed by atoms with Crippen LogP contribution in [0.1, 0.15) is 55.5 Å². The fourth-order valence-corrected chi connectivity index (χ4v) is 8.36. The molecule has 3 aliphatic heterocycles. The summed E-state index contributed by atoms with van der Waals surface area (Å²) in [5, 5.41) is 22.1. The number of aliphatic hydroxyl groups excluding tert-OH is 1. The number of piperazine rings is 1. The van der Waals surface area contributed by atoms with E-state index in [9.17, 15) is 36.6 Å². The lowest BCUT2D eigenvalue weighted by Gasteiger charge is -2.47. The first-order valence-electron chi connectivity index (χ1n) is 21.0. The Bertz CT molecular complexity index is 2330. The number of carbonyl (C=O) groups is 2. The number of nitrogens with zero attached hydrogens (tertiary/aromatic N) is 5. The quantitative estimate of drug-likeness (QED) is 0.0884. The molecule has 3 aliphatic rings. The zero-order chi connectivity index (χ0) is 46.6. The van der Waals surface area contributed by atoms with Gasteiger partial charge in [0.1, 0.15) is 23.5 Å². The number of aromatic nitrogens is 3. The number of ether oxygens (including phenoxy) is 2. The Kier molecular flexibility index (Phi) is 14.4. The van der Waals surface area contributed by atoms with Crippen LogP contribution in [0.5, 0.6) is 0 Å². The van der Waals surface area contributed by atoms with Crippen molar-refractivity contribution in [2.24, 2.45) is 5.41 Å². The van der Waals surface area contributed by atoms with Gasteiger partial charge in [-0.1, -0.05) is 24.0 Å². The summed E-state index contributed by atoms with van der Waals surface area (Å²) in [4.78, 5) is 35.4. The Balaban J connectivity index is 1.03. The monoisotopic (exact) mass is 914 g/mol. The molecule has 5 heterocycles. The molecule has 0 aliphatic carbocycles. The van der Waals surface area contributed by atoms with E-state index in [1.165, 1.54) is 6.07 Å². The minimum atomic E-state index is -4.98. The third-order valence-electron chi connectivity index (χ3n) is 12.3. The number of hydrogen-bond donors (Lipinski definition) is 4. The highest BCUT2D eigenvalue weighted by atomic mass is 19.4. The molecule has 3 saturated heterocycles. The number of halogens is 7. The molecule has 2 amide bonds. The Morgan fingerprint density at radius 3 is 2.14 bits per heavy atom. The first-order chi connectivity index (χ1) is 30.9. The van der Waals surface area contributed by atoms with E-state index in [-0.39, 0.29) is 17.7 Å². The highest BCUT2D eigenvalue weighted by Gasteiger charge is 2.56. The highest BCUT2D eigenvalue weighted by Crippen LogP contribution is 2.41. The van der Waals surface area contributed by atoms with Gasteiger partial charge in [-0.2, -0.15) is 27.1 Å². The van der Waals surface area contributed by atoms with Crippen molar-refractivity contribution in [3.63, 3.8) is 0 Å². The second kappa shape index (κ2) is 19.8. The molecule has 7 rings (SSSR count). The maximum absolute atomic E-state index is 15.1. The number of rotatable bonds is 15. The van der Waals surface area contributed by atoms with Gasteiger partial charge < -0.3 is 35.4 Å². The summed E-state index contributed by atoms with van der Waals surface area (Å²) in [5.41, 5.74) is -1.64. The lowest BCUT2D eigenvalue weighted by Crippen LogP contribution is -2.62. The average molecular weight is 915 g/mol. The number of nitrogens with one attached hydrogen (secondary N) is 3. The van der Waals surface area contributed by atoms with Gasteiger partial charge in [-0.25, -0.2) is 23.2 Å². The number of aliphatic hydroxyl groups is 1. The molecule has 65 heavy (non-hydrogen) atoms. The molecule has 3 fully saturated rings. The lowest BCUT2D eigenvalue weighted by molar-refractivity contribution is -0.220. The van der Waals surface area contributed by atoms with Gasteiger partial charge in [0.05, 0.1) is 49.6 Å². The maximum Gasteiger partial charge on any atom is 0.407 e. The van der Waals surface area contributed by atoms with Crippen LogP contribution in [-0.4, -0.2) is 119 Å². The molecule has 5 atom stereocenters. The molecular weight excluding hydrogens is 866 g/mol. The normalized spacial score (nSPS) is 19.2.